The van der Waals surface area contributed by atoms with Crippen molar-refractivity contribution in [2.45, 2.75) is 26.4 Å². The SMILES string of the molecule is CCC(C)Oc1ccc(C(N)=S)cc1Br. The van der Waals surface area contributed by atoms with E-state index in [1.165, 1.54) is 0 Å². The zero-order valence-corrected chi connectivity index (χ0v) is 11.2. The number of thiocarbonyl (C=S) groups is 1. The van der Waals surface area contributed by atoms with E-state index in [2.05, 4.69) is 22.9 Å². The molecule has 1 rings (SSSR count). The van der Waals surface area contributed by atoms with E-state index >= 15 is 0 Å². The predicted molar refractivity (Wildman–Crippen MR) is 70.4 cm³/mol. The Labute approximate surface area is 104 Å². The summed E-state index contributed by atoms with van der Waals surface area (Å²) in [6.45, 7) is 4.12. The van der Waals surface area contributed by atoms with Crippen LogP contribution in [0.4, 0.5) is 0 Å². The number of benzene rings is 1. The summed E-state index contributed by atoms with van der Waals surface area (Å²) in [5.74, 6) is 0.823. The molecule has 0 saturated carbocycles. The molecule has 82 valence electrons. The molecule has 1 aromatic rings. The Balaban J connectivity index is 2.88. The maximum atomic E-state index is 5.70. The van der Waals surface area contributed by atoms with Crippen molar-refractivity contribution < 1.29 is 4.74 Å². The van der Waals surface area contributed by atoms with Crippen LogP contribution in [0.5, 0.6) is 5.75 Å². The second-order valence-electron chi connectivity index (χ2n) is 3.35. The van der Waals surface area contributed by atoms with E-state index < -0.39 is 0 Å². The van der Waals surface area contributed by atoms with Gasteiger partial charge in [-0.25, -0.2) is 0 Å². The molecule has 0 heterocycles. The van der Waals surface area contributed by atoms with E-state index in [1.807, 2.05) is 25.1 Å². The van der Waals surface area contributed by atoms with E-state index in [9.17, 15) is 0 Å². The van der Waals surface area contributed by atoms with Crippen molar-refractivity contribution in [2.24, 2.45) is 5.73 Å². The minimum atomic E-state index is 0.206. The summed E-state index contributed by atoms with van der Waals surface area (Å²) in [4.78, 5) is 0.394. The van der Waals surface area contributed by atoms with Gasteiger partial charge in [0.2, 0.25) is 0 Å². The van der Waals surface area contributed by atoms with Gasteiger partial charge in [0.25, 0.3) is 0 Å². The summed E-state index contributed by atoms with van der Waals surface area (Å²) < 4.78 is 6.58. The van der Waals surface area contributed by atoms with Crippen molar-refractivity contribution in [3.8, 4) is 5.75 Å². The highest BCUT2D eigenvalue weighted by Crippen LogP contribution is 2.27. The fourth-order valence-corrected chi connectivity index (χ4v) is 1.65. The van der Waals surface area contributed by atoms with Gasteiger partial charge in [0.15, 0.2) is 0 Å². The molecule has 0 aliphatic carbocycles. The zero-order chi connectivity index (χ0) is 11.4. The summed E-state index contributed by atoms with van der Waals surface area (Å²) in [7, 11) is 0. The first kappa shape index (κ1) is 12.5. The Hall–Kier alpha value is -0.610. The molecule has 2 N–H and O–H groups in total. The number of rotatable bonds is 4. The Kier molecular flexibility index (Phi) is 4.54. The molecule has 0 saturated heterocycles. The van der Waals surface area contributed by atoms with Crippen molar-refractivity contribution in [3.63, 3.8) is 0 Å². The number of halogens is 1. The van der Waals surface area contributed by atoms with Crippen molar-refractivity contribution >= 4 is 33.1 Å². The summed E-state index contributed by atoms with van der Waals surface area (Å²) >= 11 is 8.32. The van der Waals surface area contributed by atoms with Gasteiger partial charge in [-0.2, -0.15) is 0 Å². The third kappa shape index (κ3) is 3.47. The second-order valence-corrected chi connectivity index (χ2v) is 4.64. The lowest BCUT2D eigenvalue weighted by Crippen LogP contribution is -2.12. The van der Waals surface area contributed by atoms with Crippen molar-refractivity contribution in [1.29, 1.82) is 0 Å². The standard InChI is InChI=1S/C11H14BrNOS/c1-3-7(2)14-10-5-4-8(11(13)15)6-9(10)12/h4-7H,3H2,1-2H3,(H2,13,15). The van der Waals surface area contributed by atoms with Gasteiger partial charge in [0.1, 0.15) is 10.7 Å². The lowest BCUT2D eigenvalue weighted by Gasteiger charge is -2.14. The van der Waals surface area contributed by atoms with E-state index in [0.717, 1.165) is 22.2 Å². The van der Waals surface area contributed by atoms with E-state index in [1.54, 1.807) is 0 Å². The molecule has 0 aromatic heterocycles. The first-order valence-corrected chi connectivity index (χ1v) is 6.00. The molecule has 0 aliphatic rings. The van der Waals surface area contributed by atoms with Crippen LogP contribution in [-0.2, 0) is 0 Å². The topological polar surface area (TPSA) is 35.2 Å². The lowest BCUT2D eigenvalue weighted by atomic mass is 10.2. The van der Waals surface area contributed by atoms with E-state index in [-0.39, 0.29) is 6.10 Å². The monoisotopic (exact) mass is 287 g/mol. The maximum Gasteiger partial charge on any atom is 0.133 e. The molecule has 15 heavy (non-hydrogen) atoms. The van der Waals surface area contributed by atoms with Gasteiger partial charge in [-0.3, -0.25) is 0 Å². The fraction of sp³-hybridized carbons (Fsp3) is 0.364. The van der Waals surface area contributed by atoms with Crippen LogP contribution in [0.15, 0.2) is 22.7 Å². The van der Waals surface area contributed by atoms with Gasteiger partial charge in [0.05, 0.1) is 10.6 Å². The van der Waals surface area contributed by atoms with Crippen LogP contribution in [0.3, 0.4) is 0 Å². The third-order valence-electron chi connectivity index (χ3n) is 2.12. The molecule has 0 amide bonds. The molecule has 0 bridgehead atoms. The van der Waals surface area contributed by atoms with Gasteiger partial charge in [-0.05, 0) is 47.5 Å². The first-order chi connectivity index (χ1) is 7.04. The van der Waals surface area contributed by atoms with Crippen LogP contribution >= 0.6 is 28.1 Å². The molecule has 2 nitrogen and oxygen atoms in total. The van der Waals surface area contributed by atoms with Crippen molar-refractivity contribution in [1.82, 2.24) is 0 Å². The summed E-state index contributed by atoms with van der Waals surface area (Å²) in [6, 6.07) is 5.62. The van der Waals surface area contributed by atoms with Gasteiger partial charge in [-0.1, -0.05) is 19.1 Å². The molecule has 1 aromatic carbocycles. The average Bonchev–Trinajstić information content (AvgIpc) is 2.20. The Bertz CT molecular complexity index is 368. The van der Waals surface area contributed by atoms with E-state index in [4.69, 9.17) is 22.7 Å². The normalized spacial score (nSPS) is 12.2. The summed E-state index contributed by atoms with van der Waals surface area (Å²) in [5, 5.41) is 0. The van der Waals surface area contributed by atoms with Gasteiger partial charge in [0, 0.05) is 5.56 Å². The molecular weight excluding hydrogens is 274 g/mol. The largest absolute Gasteiger partial charge is 0.490 e. The summed E-state index contributed by atoms with van der Waals surface area (Å²) in [6.07, 6.45) is 1.18. The van der Waals surface area contributed by atoms with Gasteiger partial charge in [-0.15, -0.1) is 0 Å². The van der Waals surface area contributed by atoms with Crippen LogP contribution in [0.1, 0.15) is 25.8 Å². The van der Waals surface area contributed by atoms with Crippen molar-refractivity contribution in [2.75, 3.05) is 0 Å². The third-order valence-corrected chi connectivity index (χ3v) is 2.97. The summed E-state index contributed by atoms with van der Waals surface area (Å²) in [5.41, 5.74) is 6.37. The van der Waals surface area contributed by atoms with E-state index in [0.29, 0.717) is 4.99 Å². The molecular formula is C11H14BrNOS. The zero-order valence-electron chi connectivity index (χ0n) is 8.79. The molecule has 0 aliphatic heterocycles. The van der Waals surface area contributed by atoms with Gasteiger partial charge >= 0.3 is 0 Å². The molecule has 4 heteroatoms. The molecule has 0 spiro atoms. The second kappa shape index (κ2) is 5.47. The molecule has 0 radical (unpaired) electrons. The van der Waals surface area contributed by atoms with Gasteiger partial charge < -0.3 is 10.5 Å². The highest BCUT2D eigenvalue weighted by atomic mass is 79.9. The first-order valence-electron chi connectivity index (χ1n) is 4.80. The van der Waals surface area contributed by atoms with Crippen LogP contribution < -0.4 is 10.5 Å². The molecule has 1 unspecified atom stereocenters. The number of nitrogens with two attached hydrogens (primary N) is 1. The van der Waals surface area contributed by atoms with Crippen LogP contribution in [-0.4, -0.2) is 11.1 Å². The Morgan fingerprint density at radius 3 is 2.73 bits per heavy atom. The average molecular weight is 288 g/mol. The Morgan fingerprint density at radius 1 is 1.60 bits per heavy atom. The molecule has 0 fully saturated rings. The van der Waals surface area contributed by atoms with Crippen LogP contribution in [0, 0.1) is 0 Å². The predicted octanol–water partition coefficient (Wildman–Crippen LogP) is 3.26. The van der Waals surface area contributed by atoms with Crippen LogP contribution in [0.25, 0.3) is 0 Å². The quantitative estimate of drug-likeness (QED) is 0.864. The molecule has 1 atom stereocenters. The number of hydrogen-bond donors (Lipinski definition) is 1. The van der Waals surface area contributed by atoms with Crippen LogP contribution in [0.2, 0.25) is 0 Å². The van der Waals surface area contributed by atoms with Crippen molar-refractivity contribution in [3.05, 3.63) is 28.2 Å². The smallest absolute Gasteiger partial charge is 0.133 e. The number of ether oxygens (including phenoxy) is 1. The lowest BCUT2D eigenvalue weighted by molar-refractivity contribution is 0.216. The highest BCUT2D eigenvalue weighted by Gasteiger charge is 2.07. The number of hydrogen-bond acceptors (Lipinski definition) is 2. The fourth-order valence-electron chi connectivity index (χ4n) is 1.05. The maximum absolute atomic E-state index is 5.70. The Morgan fingerprint density at radius 2 is 2.27 bits per heavy atom. The minimum absolute atomic E-state index is 0.206. The minimum Gasteiger partial charge on any atom is -0.490 e. The highest BCUT2D eigenvalue weighted by molar-refractivity contribution is 9.10.